The fourth-order valence-corrected chi connectivity index (χ4v) is 5.91. The van der Waals surface area contributed by atoms with E-state index in [1.807, 2.05) is 0 Å². The fourth-order valence-electron chi connectivity index (χ4n) is 4.28. The second kappa shape index (κ2) is 16.8. The predicted molar refractivity (Wildman–Crippen MR) is 129 cm³/mol. The first-order chi connectivity index (χ1) is 13.2. The topological polar surface area (TPSA) is 19.0 Å². The number of rotatable bonds is 19. The molecular formula is C23H53N3OSi. The van der Waals surface area contributed by atoms with E-state index in [4.69, 9.17) is 4.43 Å². The lowest BCUT2D eigenvalue weighted by atomic mass is 9.73. The Kier molecular flexibility index (Phi) is 16.8. The zero-order valence-electron chi connectivity index (χ0n) is 20.7. The van der Waals surface area contributed by atoms with Gasteiger partial charge in [-0.15, -0.1) is 0 Å². The summed E-state index contributed by atoms with van der Waals surface area (Å²) >= 11 is 0. The van der Waals surface area contributed by atoms with Crippen LogP contribution in [0.25, 0.3) is 0 Å². The summed E-state index contributed by atoms with van der Waals surface area (Å²) in [7, 11) is 12.8. The van der Waals surface area contributed by atoms with Crippen molar-refractivity contribution in [2.75, 3.05) is 61.9 Å². The molecule has 1 atom stereocenters. The van der Waals surface area contributed by atoms with Gasteiger partial charge in [0.25, 0.3) is 0 Å². The monoisotopic (exact) mass is 415 g/mol. The molecule has 0 aliphatic carbocycles. The van der Waals surface area contributed by atoms with E-state index < -0.39 is 0 Å². The number of nitrogens with zero attached hydrogens (tertiary/aromatic N) is 3. The van der Waals surface area contributed by atoms with Crippen LogP contribution in [0.2, 0.25) is 6.04 Å². The van der Waals surface area contributed by atoms with E-state index in [1.165, 1.54) is 83.5 Å². The lowest BCUT2D eigenvalue weighted by Gasteiger charge is -2.36. The molecule has 0 heterocycles. The molecule has 0 amide bonds. The van der Waals surface area contributed by atoms with E-state index in [-0.39, 0.29) is 9.76 Å². The first-order valence-corrected chi connectivity index (χ1v) is 13.3. The molecule has 28 heavy (non-hydrogen) atoms. The smallest absolute Gasteiger partial charge is 0.161 e. The standard InChI is InChI=1S/C23H53N3OSi/c1-9-13-22(2)27-28-21-17-23(14-10-18-24(3)4,15-11-19-25(5)6)16-12-20-26(7)8/h22H,9-21,28H2,1-8H3. The largest absolute Gasteiger partial charge is 0.421 e. The minimum Gasteiger partial charge on any atom is -0.421 e. The maximum Gasteiger partial charge on any atom is 0.161 e. The van der Waals surface area contributed by atoms with Crippen molar-refractivity contribution in [1.82, 2.24) is 14.7 Å². The van der Waals surface area contributed by atoms with Crippen molar-refractivity contribution < 1.29 is 4.43 Å². The second-order valence-corrected chi connectivity index (χ2v) is 11.2. The highest BCUT2D eigenvalue weighted by atomic mass is 28.2. The highest BCUT2D eigenvalue weighted by Gasteiger charge is 2.28. The first-order valence-electron chi connectivity index (χ1n) is 11.8. The van der Waals surface area contributed by atoms with Crippen LogP contribution in [0.4, 0.5) is 0 Å². The summed E-state index contributed by atoms with van der Waals surface area (Å²) in [5, 5.41) is 0. The lowest BCUT2D eigenvalue weighted by molar-refractivity contribution is 0.166. The Labute approximate surface area is 180 Å². The Balaban J connectivity index is 4.85. The van der Waals surface area contributed by atoms with Gasteiger partial charge in [-0.1, -0.05) is 13.3 Å². The lowest BCUT2D eigenvalue weighted by Crippen LogP contribution is -2.27. The van der Waals surface area contributed by atoms with Crippen LogP contribution in [0.3, 0.4) is 0 Å². The Bertz CT molecular complexity index is 315. The van der Waals surface area contributed by atoms with Gasteiger partial charge in [0.15, 0.2) is 9.76 Å². The van der Waals surface area contributed by atoms with Gasteiger partial charge in [-0.3, -0.25) is 0 Å². The third-order valence-electron chi connectivity index (χ3n) is 5.89. The van der Waals surface area contributed by atoms with Gasteiger partial charge in [0.2, 0.25) is 0 Å². The molecule has 0 N–H and O–H groups in total. The van der Waals surface area contributed by atoms with Crippen LogP contribution in [-0.2, 0) is 4.43 Å². The van der Waals surface area contributed by atoms with Crippen LogP contribution in [0.5, 0.6) is 0 Å². The highest BCUT2D eigenvalue weighted by Crippen LogP contribution is 2.40. The van der Waals surface area contributed by atoms with Crippen LogP contribution in [0, 0.1) is 5.41 Å². The predicted octanol–water partition coefficient (Wildman–Crippen LogP) is 4.10. The van der Waals surface area contributed by atoms with Gasteiger partial charge in [-0.25, -0.2) is 0 Å². The highest BCUT2D eigenvalue weighted by molar-refractivity contribution is 6.27. The normalized spacial score (nSPS) is 14.2. The van der Waals surface area contributed by atoms with Crippen molar-refractivity contribution in [1.29, 1.82) is 0 Å². The molecule has 4 nitrogen and oxygen atoms in total. The van der Waals surface area contributed by atoms with Crippen molar-refractivity contribution in [3.8, 4) is 0 Å². The van der Waals surface area contributed by atoms with Crippen molar-refractivity contribution in [3.05, 3.63) is 0 Å². The average molecular weight is 416 g/mol. The summed E-state index contributed by atoms with van der Waals surface area (Å²) in [6.07, 6.45) is 12.4. The van der Waals surface area contributed by atoms with Gasteiger partial charge in [0.05, 0.1) is 0 Å². The molecule has 170 valence electrons. The molecular weight excluding hydrogens is 362 g/mol. The average Bonchev–Trinajstić information content (AvgIpc) is 2.58. The Morgan fingerprint density at radius 3 is 1.54 bits per heavy atom. The summed E-state index contributed by atoms with van der Waals surface area (Å²) in [6.45, 7) is 8.15. The van der Waals surface area contributed by atoms with E-state index >= 15 is 0 Å². The van der Waals surface area contributed by atoms with E-state index in [9.17, 15) is 0 Å². The van der Waals surface area contributed by atoms with Crippen LogP contribution in [0.1, 0.15) is 71.6 Å². The molecule has 0 saturated carbocycles. The zero-order chi connectivity index (χ0) is 21.4. The fraction of sp³-hybridized carbons (Fsp3) is 1.00. The summed E-state index contributed by atoms with van der Waals surface area (Å²) in [4.78, 5) is 7.03. The van der Waals surface area contributed by atoms with Gasteiger partial charge in [0.1, 0.15) is 0 Å². The van der Waals surface area contributed by atoms with Crippen molar-refractivity contribution in [3.63, 3.8) is 0 Å². The van der Waals surface area contributed by atoms with Crippen molar-refractivity contribution in [2.45, 2.75) is 83.8 Å². The number of hydrogen-bond acceptors (Lipinski definition) is 4. The summed E-state index contributed by atoms with van der Waals surface area (Å²) in [5.41, 5.74) is 0.520. The van der Waals surface area contributed by atoms with Crippen LogP contribution in [0.15, 0.2) is 0 Å². The quantitative estimate of drug-likeness (QED) is 0.233. The SMILES string of the molecule is CCCC(C)O[SiH2]CCC(CCCN(C)C)(CCCN(C)C)CCCN(C)C. The molecule has 0 rings (SSSR count). The van der Waals surface area contributed by atoms with Gasteiger partial charge in [0, 0.05) is 6.10 Å². The molecule has 0 fully saturated rings. The molecule has 1 unspecified atom stereocenters. The first kappa shape index (κ1) is 28.1. The molecule has 0 spiro atoms. The second-order valence-electron chi connectivity index (χ2n) is 9.79. The van der Waals surface area contributed by atoms with Gasteiger partial charge >= 0.3 is 0 Å². The molecule has 0 aliphatic heterocycles. The Hall–Kier alpha value is 0.0569. The Morgan fingerprint density at radius 1 is 0.750 bits per heavy atom. The van der Waals surface area contributed by atoms with E-state index in [2.05, 4.69) is 70.8 Å². The minimum absolute atomic E-state index is 0.384. The van der Waals surface area contributed by atoms with E-state index in [1.54, 1.807) is 0 Å². The molecule has 5 heteroatoms. The molecule has 0 radical (unpaired) electrons. The third-order valence-corrected chi connectivity index (χ3v) is 7.33. The maximum atomic E-state index is 6.22. The van der Waals surface area contributed by atoms with E-state index in [0.29, 0.717) is 11.5 Å². The summed E-state index contributed by atoms with van der Waals surface area (Å²) in [6, 6.07) is 1.35. The van der Waals surface area contributed by atoms with Gasteiger partial charge in [-0.05, 0) is 132 Å². The summed E-state index contributed by atoms with van der Waals surface area (Å²) in [5.74, 6) is 0. The molecule has 0 bridgehead atoms. The summed E-state index contributed by atoms with van der Waals surface area (Å²) < 4.78 is 6.22. The molecule has 0 aromatic carbocycles. The molecule has 0 aromatic heterocycles. The van der Waals surface area contributed by atoms with E-state index in [0.717, 1.165) is 0 Å². The molecule has 0 aliphatic rings. The zero-order valence-corrected chi connectivity index (χ0v) is 22.1. The van der Waals surface area contributed by atoms with Crippen molar-refractivity contribution in [2.24, 2.45) is 5.41 Å². The third kappa shape index (κ3) is 15.9. The van der Waals surface area contributed by atoms with Crippen LogP contribution < -0.4 is 0 Å². The van der Waals surface area contributed by atoms with Crippen LogP contribution >= 0.6 is 0 Å². The maximum absolute atomic E-state index is 6.22. The van der Waals surface area contributed by atoms with Crippen LogP contribution in [-0.4, -0.2) is 92.5 Å². The molecule has 0 aromatic rings. The molecule has 0 saturated heterocycles. The number of hydrogen-bond donors (Lipinski definition) is 0. The van der Waals surface area contributed by atoms with Crippen molar-refractivity contribution >= 4 is 9.76 Å². The van der Waals surface area contributed by atoms with Gasteiger partial charge in [-0.2, -0.15) is 0 Å². The van der Waals surface area contributed by atoms with Gasteiger partial charge < -0.3 is 19.1 Å². The minimum atomic E-state index is -0.384. The Morgan fingerprint density at radius 2 is 1.18 bits per heavy atom.